The summed E-state index contributed by atoms with van der Waals surface area (Å²) in [7, 11) is 0. The standard InChI is InChI=1S/C22H24FN3O5/c1-11-4-5-14(16(23)6-11)7-24-21(29)15-8-26-17-9-25(12(2)10-31-13(17)3)22(30)18(26)20(28)19(15)27/h4-6,8,12-13,17,28H,7,9-10H2,1-3H3,(H,24,29). The van der Waals surface area contributed by atoms with E-state index < -0.39 is 28.8 Å². The molecule has 1 saturated heterocycles. The first-order chi connectivity index (χ1) is 14.7. The molecule has 9 heteroatoms. The molecule has 3 heterocycles. The van der Waals surface area contributed by atoms with Crippen LogP contribution in [0, 0.1) is 12.7 Å². The second-order valence-corrected chi connectivity index (χ2v) is 8.17. The Balaban J connectivity index is 1.69. The third-order valence-electron chi connectivity index (χ3n) is 5.98. The van der Waals surface area contributed by atoms with Crippen LogP contribution in [0.4, 0.5) is 4.39 Å². The number of ether oxygens (including phenoxy) is 1. The van der Waals surface area contributed by atoms with Crippen LogP contribution in [0.3, 0.4) is 0 Å². The second kappa shape index (κ2) is 7.81. The zero-order valence-electron chi connectivity index (χ0n) is 17.5. The Hall–Kier alpha value is -3.20. The lowest BCUT2D eigenvalue weighted by Crippen LogP contribution is -2.49. The van der Waals surface area contributed by atoms with Gasteiger partial charge in [0.25, 0.3) is 11.8 Å². The number of benzene rings is 1. The fourth-order valence-electron chi connectivity index (χ4n) is 4.08. The largest absolute Gasteiger partial charge is 0.503 e. The molecule has 1 aromatic carbocycles. The van der Waals surface area contributed by atoms with Gasteiger partial charge in [0.2, 0.25) is 5.43 Å². The van der Waals surface area contributed by atoms with Gasteiger partial charge >= 0.3 is 0 Å². The summed E-state index contributed by atoms with van der Waals surface area (Å²) < 4.78 is 21.3. The van der Waals surface area contributed by atoms with E-state index in [0.29, 0.717) is 13.2 Å². The normalized spacial score (nSPS) is 22.6. The van der Waals surface area contributed by atoms with Crippen molar-refractivity contribution in [3.8, 4) is 5.75 Å². The molecule has 2 N–H and O–H groups in total. The van der Waals surface area contributed by atoms with Crippen LogP contribution >= 0.6 is 0 Å². The minimum absolute atomic E-state index is 0.125. The van der Waals surface area contributed by atoms with Crippen LogP contribution in [0.1, 0.15) is 51.9 Å². The van der Waals surface area contributed by atoms with Gasteiger partial charge in [-0.25, -0.2) is 4.39 Å². The predicted molar refractivity (Wildman–Crippen MR) is 110 cm³/mol. The van der Waals surface area contributed by atoms with E-state index in [-0.39, 0.29) is 41.6 Å². The summed E-state index contributed by atoms with van der Waals surface area (Å²) in [5.74, 6) is -2.48. The molecule has 164 valence electrons. The number of fused-ring (bicyclic) bond motifs is 4. The fraction of sp³-hybridized carbons (Fsp3) is 0.409. The molecular weight excluding hydrogens is 405 g/mol. The van der Waals surface area contributed by atoms with Crippen molar-refractivity contribution in [3.05, 3.63) is 62.8 Å². The van der Waals surface area contributed by atoms with E-state index in [4.69, 9.17) is 4.74 Å². The van der Waals surface area contributed by atoms with Crippen LogP contribution in [-0.4, -0.2) is 51.7 Å². The van der Waals surface area contributed by atoms with Gasteiger partial charge in [0.1, 0.15) is 11.4 Å². The summed E-state index contributed by atoms with van der Waals surface area (Å²) in [6.07, 6.45) is 0.979. The summed E-state index contributed by atoms with van der Waals surface area (Å²) in [5.41, 5.74) is -0.390. The average molecular weight is 429 g/mol. The maximum atomic E-state index is 14.1. The number of hydrogen-bond donors (Lipinski definition) is 2. The van der Waals surface area contributed by atoms with E-state index in [1.807, 2.05) is 13.8 Å². The number of nitrogens with zero attached hydrogens (tertiary/aromatic N) is 2. The van der Waals surface area contributed by atoms with Crippen LogP contribution in [-0.2, 0) is 11.3 Å². The number of rotatable bonds is 3. The van der Waals surface area contributed by atoms with Crippen molar-refractivity contribution in [2.45, 2.75) is 45.5 Å². The Kier molecular flexibility index (Phi) is 5.30. The van der Waals surface area contributed by atoms with Gasteiger partial charge in [-0.2, -0.15) is 0 Å². The van der Waals surface area contributed by atoms with Gasteiger partial charge in [-0.3, -0.25) is 14.4 Å². The molecule has 8 nitrogen and oxygen atoms in total. The number of aryl methyl sites for hydroxylation is 1. The van der Waals surface area contributed by atoms with Crippen LogP contribution in [0.15, 0.2) is 29.2 Å². The van der Waals surface area contributed by atoms with Gasteiger partial charge in [-0.05, 0) is 32.4 Å². The number of carbonyl (C=O) groups excluding carboxylic acids is 2. The molecule has 1 aromatic heterocycles. The van der Waals surface area contributed by atoms with Gasteiger partial charge in [-0.15, -0.1) is 0 Å². The lowest BCUT2D eigenvalue weighted by molar-refractivity contribution is 0.0400. The molecule has 3 atom stereocenters. The van der Waals surface area contributed by atoms with Gasteiger partial charge in [0.05, 0.1) is 24.8 Å². The zero-order valence-corrected chi connectivity index (χ0v) is 17.5. The summed E-state index contributed by atoms with van der Waals surface area (Å²) >= 11 is 0. The number of pyridine rings is 1. The molecule has 2 amide bonds. The van der Waals surface area contributed by atoms with E-state index in [1.165, 1.54) is 16.8 Å². The lowest BCUT2D eigenvalue weighted by Gasteiger charge is -2.37. The van der Waals surface area contributed by atoms with Gasteiger partial charge in [-0.1, -0.05) is 12.1 Å². The van der Waals surface area contributed by atoms with Crippen LogP contribution in [0.2, 0.25) is 0 Å². The zero-order chi connectivity index (χ0) is 22.4. The quantitative estimate of drug-likeness (QED) is 0.774. The molecule has 0 saturated carbocycles. The monoisotopic (exact) mass is 429 g/mol. The molecule has 0 spiro atoms. The SMILES string of the molecule is Cc1ccc(CNC(=O)c2cn3c(c(O)c2=O)C(=O)N2CC3C(C)OCC2C)c(F)c1. The number of aromatic nitrogens is 1. The maximum absolute atomic E-state index is 14.1. The molecule has 31 heavy (non-hydrogen) atoms. The first kappa shape index (κ1) is 21.0. The van der Waals surface area contributed by atoms with E-state index in [1.54, 1.807) is 24.0 Å². The van der Waals surface area contributed by atoms with E-state index in [9.17, 15) is 23.9 Å². The number of halogens is 1. The third kappa shape index (κ3) is 3.59. The topological polar surface area (TPSA) is 101 Å². The molecule has 2 aromatic rings. The molecule has 3 unspecified atom stereocenters. The van der Waals surface area contributed by atoms with Gasteiger partial charge < -0.3 is 24.6 Å². The maximum Gasteiger partial charge on any atom is 0.274 e. The van der Waals surface area contributed by atoms with Crippen molar-refractivity contribution in [2.24, 2.45) is 0 Å². The molecule has 4 rings (SSSR count). The summed E-state index contributed by atoms with van der Waals surface area (Å²) in [6.45, 7) is 5.98. The van der Waals surface area contributed by atoms with Crippen molar-refractivity contribution >= 4 is 11.8 Å². The van der Waals surface area contributed by atoms with Crippen molar-refractivity contribution in [1.82, 2.24) is 14.8 Å². The number of hydrogen-bond acceptors (Lipinski definition) is 5. The number of aromatic hydroxyl groups is 1. The molecule has 2 aliphatic rings. The molecule has 0 radical (unpaired) electrons. The van der Waals surface area contributed by atoms with Crippen LogP contribution in [0.25, 0.3) is 0 Å². The molecule has 0 aliphatic carbocycles. The third-order valence-corrected chi connectivity index (χ3v) is 5.98. The lowest BCUT2D eigenvalue weighted by atomic mass is 10.0. The molecule has 2 aliphatic heterocycles. The number of nitrogens with one attached hydrogen (secondary N) is 1. The van der Waals surface area contributed by atoms with Gasteiger partial charge in [0.15, 0.2) is 11.4 Å². The fourth-order valence-corrected chi connectivity index (χ4v) is 4.08. The average Bonchev–Trinajstić information content (AvgIpc) is 2.85. The highest BCUT2D eigenvalue weighted by atomic mass is 19.1. The summed E-state index contributed by atoms with van der Waals surface area (Å²) in [6, 6.07) is 4.05. The van der Waals surface area contributed by atoms with E-state index >= 15 is 0 Å². The van der Waals surface area contributed by atoms with Crippen LogP contribution in [0.5, 0.6) is 5.75 Å². The molecular formula is C22H24FN3O5. The first-order valence-electron chi connectivity index (χ1n) is 10.1. The second-order valence-electron chi connectivity index (χ2n) is 8.17. The van der Waals surface area contributed by atoms with Crippen LogP contribution < -0.4 is 10.7 Å². The van der Waals surface area contributed by atoms with Gasteiger partial charge in [0, 0.05) is 24.8 Å². The van der Waals surface area contributed by atoms with E-state index in [0.717, 1.165) is 5.56 Å². The first-order valence-corrected chi connectivity index (χ1v) is 10.1. The van der Waals surface area contributed by atoms with Crippen molar-refractivity contribution in [3.63, 3.8) is 0 Å². The highest BCUT2D eigenvalue weighted by molar-refractivity contribution is 5.99. The Morgan fingerprint density at radius 3 is 2.77 bits per heavy atom. The minimum atomic E-state index is -0.942. The molecule has 1 fully saturated rings. The minimum Gasteiger partial charge on any atom is -0.503 e. The van der Waals surface area contributed by atoms with E-state index in [2.05, 4.69) is 5.32 Å². The number of carbonyl (C=O) groups is 2. The highest BCUT2D eigenvalue weighted by Crippen LogP contribution is 2.32. The smallest absolute Gasteiger partial charge is 0.274 e. The Labute approximate surface area is 178 Å². The summed E-state index contributed by atoms with van der Waals surface area (Å²) in [4.78, 5) is 40.0. The Morgan fingerprint density at radius 2 is 2.06 bits per heavy atom. The number of amides is 2. The highest BCUT2D eigenvalue weighted by Gasteiger charge is 2.41. The predicted octanol–water partition coefficient (Wildman–Crippen LogP) is 1.74. The van der Waals surface area contributed by atoms with Crippen molar-refractivity contribution < 1.29 is 23.8 Å². The Bertz CT molecular complexity index is 1130. The Morgan fingerprint density at radius 1 is 1.32 bits per heavy atom. The van der Waals surface area contributed by atoms with Crippen molar-refractivity contribution in [2.75, 3.05) is 13.2 Å². The summed E-state index contributed by atoms with van der Waals surface area (Å²) in [5, 5.41) is 13.1. The van der Waals surface area contributed by atoms with Crippen molar-refractivity contribution in [1.29, 1.82) is 0 Å². The molecule has 2 bridgehead atoms.